The third-order valence-corrected chi connectivity index (χ3v) is 9.72. The van der Waals surface area contributed by atoms with Gasteiger partial charge in [0.2, 0.25) is 0 Å². The van der Waals surface area contributed by atoms with Crippen LogP contribution in [0.4, 0.5) is 0 Å². The standard InChI is InChI=1S/C52H44N2/c1-3-47(42-23-14-8-15-24-42)49(30-20-29-48(43-25-16-9-17-26-43)39(2)40-21-12-7-13-22-40)44-34-32-41(33-35-44)46-37-51(45-27-10-5-4-6-11-28-45)54-52(38-46)50-31-18-19-36-53-50/h3-5,7-10,12-19,21-29,31-38H,1-2,6,11,20,30H2/b5-4+,27-10-,45-28-,48-29-,49-47-. The first-order valence-corrected chi connectivity index (χ1v) is 18.7. The summed E-state index contributed by atoms with van der Waals surface area (Å²) in [6.45, 7) is 8.85. The molecule has 0 N–H and O–H groups in total. The summed E-state index contributed by atoms with van der Waals surface area (Å²) in [4.78, 5) is 9.75. The summed E-state index contributed by atoms with van der Waals surface area (Å²) < 4.78 is 0. The largest absolute Gasteiger partial charge is 0.255 e. The topological polar surface area (TPSA) is 25.8 Å². The van der Waals surface area contributed by atoms with E-state index in [4.69, 9.17) is 4.98 Å². The van der Waals surface area contributed by atoms with E-state index in [0.29, 0.717) is 0 Å². The van der Waals surface area contributed by atoms with E-state index in [2.05, 4.69) is 176 Å². The van der Waals surface area contributed by atoms with Gasteiger partial charge >= 0.3 is 0 Å². The lowest BCUT2D eigenvalue weighted by atomic mass is 9.88. The van der Waals surface area contributed by atoms with Crippen molar-refractivity contribution < 1.29 is 0 Å². The molecule has 2 aromatic heterocycles. The normalized spacial score (nSPS) is 15.5. The van der Waals surface area contributed by atoms with Gasteiger partial charge < -0.3 is 0 Å². The van der Waals surface area contributed by atoms with Crippen molar-refractivity contribution >= 4 is 27.9 Å². The number of aromatic nitrogens is 2. The predicted octanol–water partition coefficient (Wildman–Crippen LogP) is 13.8. The number of hydrogen-bond acceptors (Lipinski definition) is 2. The third kappa shape index (κ3) is 8.69. The molecule has 0 atom stereocenters. The Morgan fingerprint density at radius 2 is 1.28 bits per heavy atom. The van der Waals surface area contributed by atoms with Crippen LogP contribution in [0.5, 0.6) is 0 Å². The number of benzene rings is 4. The van der Waals surface area contributed by atoms with Crippen molar-refractivity contribution in [3.05, 3.63) is 235 Å². The molecular formula is C52H44N2. The SMILES string of the molecule is C=C/C(=C(\CC/C=C(/C(=C)c1ccccc1)c1ccccc1)c1ccc(-c2cc(C3=C\CC/C=C/C=C\3)nc(-c3ccccn3)c2)cc1)c1ccccc1. The molecule has 0 spiro atoms. The van der Waals surface area contributed by atoms with Gasteiger partial charge in [-0.1, -0.05) is 177 Å². The number of allylic oxidation sites excluding steroid dienone is 12. The van der Waals surface area contributed by atoms with E-state index in [-0.39, 0.29) is 0 Å². The maximum atomic E-state index is 5.10. The average molecular weight is 697 g/mol. The van der Waals surface area contributed by atoms with Gasteiger partial charge in [0.05, 0.1) is 17.1 Å². The zero-order chi connectivity index (χ0) is 37.0. The summed E-state index contributed by atoms with van der Waals surface area (Å²) in [5, 5.41) is 0. The fourth-order valence-electron chi connectivity index (χ4n) is 6.94. The van der Waals surface area contributed by atoms with Crippen LogP contribution in [0.2, 0.25) is 0 Å². The molecule has 2 nitrogen and oxygen atoms in total. The second kappa shape index (κ2) is 17.7. The Morgan fingerprint density at radius 3 is 1.96 bits per heavy atom. The van der Waals surface area contributed by atoms with Crippen molar-refractivity contribution in [1.82, 2.24) is 9.97 Å². The molecular weight excluding hydrogens is 653 g/mol. The minimum atomic E-state index is 0.826. The van der Waals surface area contributed by atoms with E-state index in [1.54, 1.807) is 0 Å². The minimum Gasteiger partial charge on any atom is -0.255 e. The molecule has 4 aromatic carbocycles. The lowest BCUT2D eigenvalue weighted by molar-refractivity contribution is 1.05. The Kier molecular flexibility index (Phi) is 11.7. The van der Waals surface area contributed by atoms with Crippen LogP contribution in [-0.4, -0.2) is 9.97 Å². The lowest BCUT2D eigenvalue weighted by Gasteiger charge is -2.16. The molecule has 0 saturated carbocycles. The summed E-state index contributed by atoms with van der Waals surface area (Å²) in [6, 6.07) is 50.9. The maximum absolute atomic E-state index is 5.10. The third-order valence-electron chi connectivity index (χ3n) is 9.72. The van der Waals surface area contributed by atoms with E-state index < -0.39 is 0 Å². The first-order chi connectivity index (χ1) is 26.7. The van der Waals surface area contributed by atoms with Crippen molar-refractivity contribution in [2.45, 2.75) is 25.7 Å². The summed E-state index contributed by atoms with van der Waals surface area (Å²) in [6.07, 6.45) is 20.7. The molecule has 1 aliphatic carbocycles. The first-order valence-electron chi connectivity index (χ1n) is 18.7. The summed E-state index contributed by atoms with van der Waals surface area (Å²) in [5.41, 5.74) is 15.2. The van der Waals surface area contributed by atoms with E-state index in [1.807, 2.05) is 36.5 Å². The van der Waals surface area contributed by atoms with Gasteiger partial charge in [0.25, 0.3) is 0 Å². The quantitative estimate of drug-likeness (QED) is 0.0940. The zero-order valence-electron chi connectivity index (χ0n) is 30.6. The molecule has 0 saturated heterocycles. The van der Waals surface area contributed by atoms with Gasteiger partial charge in [0, 0.05) is 6.20 Å². The van der Waals surface area contributed by atoms with Gasteiger partial charge in [-0.3, -0.25) is 4.98 Å². The summed E-state index contributed by atoms with van der Waals surface area (Å²) in [5.74, 6) is 0. The van der Waals surface area contributed by atoms with Crippen LogP contribution in [0.25, 0.3) is 50.4 Å². The molecule has 262 valence electrons. The average Bonchev–Trinajstić information content (AvgIpc) is 3.23. The van der Waals surface area contributed by atoms with Crippen molar-refractivity contribution in [1.29, 1.82) is 0 Å². The Balaban J connectivity index is 1.27. The molecule has 0 radical (unpaired) electrons. The van der Waals surface area contributed by atoms with Crippen molar-refractivity contribution in [3.8, 4) is 22.5 Å². The molecule has 1 aliphatic rings. The molecule has 0 amide bonds. The molecule has 6 aromatic rings. The minimum absolute atomic E-state index is 0.826. The monoisotopic (exact) mass is 696 g/mol. The second-order valence-electron chi connectivity index (χ2n) is 13.3. The fraction of sp³-hybridized carbons (Fsp3) is 0.0769. The van der Waals surface area contributed by atoms with Crippen LogP contribution in [0.1, 0.15) is 53.6 Å². The van der Waals surface area contributed by atoms with Gasteiger partial charge in [0.1, 0.15) is 0 Å². The fourth-order valence-corrected chi connectivity index (χ4v) is 6.94. The van der Waals surface area contributed by atoms with Crippen molar-refractivity contribution in [2.24, 2.45) is 0 Å². The highest BCUT2D eigenvalue weighted by atomic mass is 14.8. The molecule has 7 rings (SSSR count). The van der Waals surface area contributed by atoms with Gasteiger partial charge in [-0.05, 0) is 111 Å². The van der Waals surface area contributed by atoms with E-state index in [1.165, 1.54) is 11.1 Å². The Morgan fingerprint density at radius 1 is 0.611 bits per heavy atom. The van der Waals surface area contributed by atoms with E-state index in [9.17, 15) is 0 Å². The zero-order valence-corrected chi connectivity index (χ0v) is 30.6. The van der Waals surface area contributed by atoms with Crippen LogP contribution in [0, 0.1) is 0 Å². The summed E-state index contributed by atoms with van der Waals surface area (Å²) in [7, 11) is 0. The maximum Gasteiger partial charge on any atom is 0.0899 e. The summed E-state index contributed by atoms with van der Waals surface area (Å²) >= 11 is 0. The molecule has 0 fully saturated rings. The van der Waals surface area contributed by atoms with Crippen LogP contribution in [-0.2, 0) is 0 Å². The first kappa shape index (κ1) is 35.7. The Labute approximate surface area is 320 Å². The van der Waals surface area contributed by atoms with Gasteiger partial charge in [0.15, 0.2) is 0 Å². The Bertz CT molecular complexity index is 2360. The number of rotatable bonds is 12. The van der Waals surface area contributed by atoms with Crippen LogP contribution < -0.4 is 0 Å². The van der Waals surface area contributed by atoms with E-state index >= 15 is 0 Å². The van der Waals surface area contributed by atoms with Crippen LogP contribution in [0.15, 0.2) is 207 Å². The number of hydrogen-bond donors (Lipinski definition) is 0. The van der Waals surface area contributed by atoms with Crippen molar-refractivity contribution in [2.75, 3.05) is 0 Å². The molecule has 0 unspecified atom stereocenters. The smallest absolute Gasteiger partial charge is 0.0899 e. The molecule has 0 aliphatic heterocycles. The lowest BCUT2D eigenvalue weighted by Crippen LogP contribution is -1.96. The van der Waals surface area contributed by atoms with Crippen LogP contribution >= 0.6 is 0 Å². The highest BCUT2D eigenvalue weighted by Crippen LogP contribution is 2.36. The molecule has 2 heterocycles. The molecule has 0 bridgehead atoms. The number of nitrogens with zero attached hydrogens (tertiary/aromatic N) is 2. The van der Waals surface area contributed by atoms with Gasteiger partial charge in [-0.25, -0.2) is 4.98 Å². The highest BCUT2D eigenvalue weighted by molar-refractivity contribution is 6.04. The molecule has 2 heteroatoms. The highest BCUT2D eigenvalue weighted by Gasteiger charge is 2.14. The second-order valence-corrected chi connectivity index (χ2v) is 13.3. The van der Waals surface area contributed by atoms with Gasteiger partial charge in [-0.2, -0.15) is 0 Å². The van der Waals surface area contributed by atoms with Crippen molar-refractivity contribution in [3.63, 3.8) is 0 Å². The Hall–Kier alpha value is -6.64. The number of pyridine rings is 2. The molecule has 54 heavy (non-hydrogen) atoms. The van der Waals surface area contributed by atoms with Gasteiger partial charge in [-0.15, -0.1) is 0 Å². The predicted molar refractivity (Wildman–Crippen MR) is 231 cm³/mol. The van der Waals surface area contributed by atoms with Crippen LogP contribution in [0.3, 0.4) is 0 Å². The van der Waals surface area contributed by atoms with E-state index in [0.717, 1.165) is 92.9 Å².